The summed E-state index contributed by atoms with van der Waals surface area (Å²) in [7, 11) is 0. The van der Waals surface area contributed by atoms with Gasteiger partial charge in [0.05, 0.1) is 5.56 Å². The number of carboxylic acids is 1. The van der Waals surface area contributed by atoms with Crippen molar-refractivity contribution in [3.63, 3.8) is 0 Å². The molecule has 3 aromatic rings. The summed E-state index contributed by atoms with van der Waals surface area (Å²) < 4.78 is 6.92. The Morgan fingerprint density at radius 2 is 1.86 bits per heavy atom. The quantitative estimate of drug-likeness (QED) is 0.373. The van der Waals surface area contributed by atoms with E-state index in [0.717, 1.165) is 26.9 Å². The number of rotatable bonds is 7. The Bertz CT molecular complexity index is 1060. The predicted octanol–water partition coefficient (Wildman–Crippen LogP) is 6.95. The standard InChI is InChI=1S/C22H18BrCl2NO3/c1-13-2-3-14(22(27)28)9-20(13)26-11-16-8-17(23)5-7-21(16)29-12-15-4-6-18(24)10-19(15)25/h2-10,26H,11-12H2,1H3,(H,27,28). The van der Waals surface area contributed by atoms with Crippen molar-refractivity contribution >= 4 is 50.8 Å². The van der Waals surface area contributed by atoms with Crippen molar-refractivity contribution in [2.75, 3.05) is 5.32 Å². The Labute approximate surface area is 187 Å². The normalized spacial score (nSPS) is 10.6. The van der Waals surface area contributed by atoms with Crippen molar-refractivity contribution in [3.8, 4) is 5.75 Å². The molecule has 0 amide bonds. The first-order chi connectivity index (χ1) is 13.8. The number of aromatic carboxylic acids is 1. The third kappa shape index (κ3) is 5.66. The van der Waals surface area contributed by atoms with Crippen molar-refractivity contribution in [3.05, 3.63) is 91.4 Å². The second-order valence-electron chi connectivity index (χ2n) is 6.46. The molecule has 0 saturated heterocycles. The molecule has 7 heteroatoms. The first-order valence-electron chi connectivity index (χ1n) is 8.76. The zero-order valence-electron chi connectivity index (χ0n) is 15.5. The third-order valence-electron chi connectivity index (χ3n) is 4.37. The maximum absolute atomic E-state index is 11.2. The van der Waals surface area contributed by atoms with Crippen LogP contribution in [0.2, 0.25) is 10.0 Å². The van der Waals surface area contributed by atoms with Gasteiger partial charge in [0.1, 0.15) is 12.4 Å². The zero-order chi connectivity index (χ0) is 21.0. The van der Waals surface area contributed by atoms with Crippen molar-refractivity contribution in [2.45, 2.75) is 20.1 Å². The van der Waals surface area contributed by atoms with Gasteiger partial charge in [0.15, 0.2) is 0 Å². The van der Waals surface area contributed by atoms with E-state index in [9.17, 15) is 9.90 Å². The fraction of sp³-hybridized carbons (Fsp3) is 0.136. The van der Waals surface area contributed by atoms with Crippen LogP contribution in [0.15, 0.2) is 59.1 Å². The van der Waals surface area contributed by atoms with Gasteiger partial charge in [-0.25, -0.2) is 4.79 Å². The Morgan fingerprint density at radius 3 is 2.59 bits per heavy atom. The van der Waals surface area contributed by atoms with Gasteiger partial charge in [0.2, 0.25) is 0 Å². The fourth-order valence-electron chi connectivity index (χ4n) is 2.76. The van der Waals surface area contributed by atoms with Gasteiger partial charge in [-0.15, -0.1) is 0 Å². The summed E-state index contributed by atoms with van der Waals surface area (Å²) >= 11 is 15.7. The highest BCUT2D eigenvalue weighted by Crippen LogP contribution is 2.28. The molecule has 0 aliphatic rings. The van der Waals surface area contributed by atoms with E-state index >= 15 is 0 Å². The molecular weight excluding hydrogens is 477 g/mol. The van der Waals surface area contributed by atoms with Gasteiger partial charge in [-0.3, -0.25) is 0 Å². The summed E-state index contributed by atoms with van der Waals surface area (Å²) in [6.45, 7) is 2.69. The lowest BCUT2D eigenvalue weighted by molar-refractivity contribution is 0.0697. The summed E-state index contributed by atoms with van der Waals surface area (Å²) in [6, 6.07) is 16.0. The molecule has 150 valence electrons. The lowest BCUT2D eigenvalue weighted by Crippen LogP contribution is -2.06. The van der Waals surface area contributed by atoms with Crippen molar-refractivity contribution < 1.29 is 14.6 Å². The molecular formula is C22H18BrCl2NO3. The molecule has 2 N–H and O–H groups in total. The van der Waals surface area contributed by atoms with Gasteiger partial charge >= 0.3 is 5.97 Å². The number of anilines is 1. The highest BCUT2D eigenvalue weighted by atomic mass is 79.9. The van der Waals surface area contributed by atoms with Crippen LogP contribution in [-0.4, -0.2) is 11.1 Å². The van der Waals surface area contributed by atoms with Crippen molar-refractivity contribution in [1.29, 1.82) is 0 Å². The van der Waals surface area contributed by atoms with E-state index in [1.165, 1.54) is 0 Å². The molecule has 0 aromatic heterocycles. The molecule has 0 bridgehead atoms. The Balaban J connectivity index is 1.77. The van der Waals surface area contributed by atoms with Crippen LogP contribution in [-0.2, 0) is 13.2 Å². The van der Waals surface area contributed by atoms with Gasteiger partial charge in [0.25, 0.3) is 0 Å². The smallest absolute Gasteiger partial charge is 0.335 e. The van der Waals surface area contributed by atoms with E-state index in [0.29, 0.717) is 28.9 Å². The number of ether oxygens (including phenoxy) is 1. The summed E-state index contributed by atoms with van der Waals surface area (Å²) in [5, 5.41) is 13.6. The molecule has 29 heavy (non-hydrogen) atoms. The highest BCUT2D eigenvalue weighted by Gasteiger charge is 2.10. The average Bonchev–Trinajstić information content (AvgIpc) is 2.67. The number of benzene rings is 3. The van der Waals surface area contributed by atoms with E-state index in [4.69, 9.17) is 27.9 Å². The lowest BCUT2D eigenvalue weighted by atomic mass is 10.1. The molecule has 0 aliphatic carbocycles. The predicted molar refractivity (Wildman–Crippen MR) is 120 cm³/mol. The second kappa shape index (κ2) is 9.53. The van der Waals surface area contributed by atoms with E-state index in [2.05, 4.69) is 21.2 Å². The number of hydrogen-bond donors (Lipinski definition) is 2. The van der Waals surface area contributed by atoms with Gasteiger partial charge < -0.3 is 15.2 Å². The number of carboxylic acid groups (broad SMARTS) is 1. The van der Waals surface area contributed by atoms with E-state index in [1.807, 2.05) is 31.2 Å². The lowest BCUT2D eigenvalue weighted by Gasteiger charge is -2.15. The number of hydrogen-bond acceptors (Lipinski definition) is 3. The van der Waals surface area contributed by atoms with Crippen LogP contribution in [0.25, 0.3) is 0 Å². The summed E-state index contributed by atoms with van der Waals surface area (Å²) in [5.74, 6) is -0.252. The Kier molecular flexibility index (Phi) is 7.06. The second-order valence-corrected chi connectivity index (χ2v) is 8.22. The molecule has 0 heterocycles. The fourth-order valence-corrected chi connectivity index (χ4v) is 3.63. The maximum Gasteiger partial charge on any atom is 0.335 e. The van der Waals surface area contributed by atoms with Crippen LogP contribution >= 0.6 is 39.1 Å². The summed E-state index contributed by atoms with van der Waals surface area (Å²) in [6.07, 6.45) is 0. The highest BCUT2D eigenvalue weighted by molar-refractivity contribution is 9.10. The largest absolute Gasteiger partial charge is 0.488 e. The molecule has 0 atom stereocenters. The van der Waals surface area contributed by atoms with Gasteiger partial charge in [0, 0.05) is 37.9 Å². The van der Waals surface area contributed by atoms with E-state index in [-0.39, 0.29) is 5.56 Å². The van der Waals surface area contributed by atoms with Crippen LogP contribution < -0.4 is 10.1 Å². The minimum atomic E-state index is -0.959. The Hall–Kier alpha value is -2.21. The monoisotopic (exact) mass is 493 g/mol. The first-order valence-corrected chi connectivity index (χ1v) is 10.3. The topological polar surface area (TPSA) is 58.6 Å². The van der Waals surface area contributed by atoms with Crippen LogP contribution in [0.3, 0.4) is 0 Å². The number of halogens is 3. The SMILES string of the molecule is Cc1ccc(C(=O)O)cc1NCc1cc(Br)ccc1OCc1ccc(Cl)cc1Cl. The van der Waals surface area contributed by atoms with Gasteiger partial charge in [-0.05, 0) is 55.0 Å². The number of carbonyl (C=O) groups is 1. The molecule has 0 saturated carbocycles. The van der Waals surface area contributed by atoms with Crippen LogP contribution in [0, 0.1) is 6.92 Å². The maximum atomic E-state index is 11.2. The van der Waals surface area contributed by atoms with E-state index < -0.39 is 5.97 Å². The number of aryl methyl sites for hydroxylation is 1. The van der Waals surface area contributed by atoms with Crippen molar-refractivity contribution in [2.24, 2.45) is 0 Å². The van der Waals surface area contributed by atoms with Crippen LogP contribution in [0.5, 0.6) is 5.75 Å². The molecule has 3 aromatic carbocycles. The summed E-state index contributed by atoms with van der Waals surface area (Å²) in [4.78, 5) is 11.2. The van der Waals surface area contributed by atoms with Crippen LogP contribution in [0.4, 0.5) is 5.69 Å². The zero-order valence-corrected chi connectivity index (χ0v) is 18.6. The molecule has 0 radical (unpaired) electrons. The molecule has 0 fully saturated rings. The van der Waals surface area contributed by atoms with Gasteiger partial charge in [-0.1, -0.05) is 51.3 Å². The van der Waals surface area contributed by atoms with Crippen LogP contribution in [0.1, 0.15) is 27.0 Å². The number of nitrogens with one attached hydrogen (secondary N) is 1. The molecule has 0 aliphatic heterocycles. The average molecular weight is 495 g/mol. The summed E-state index contributed by atoms with van der Waals surface area (Å²) in [5.41, 5.74) is 3.71. The minimum absolute atomic E-state index is 0.237. The third-order valence-corrected chi connectivity index (χ3v) is 5.45. The molecule has 0 unspecified atom stereocenters. The minimum Gasteiger partial charge on any atom is -0.488 e. The molecule has 3 rings (SSSR count). The van der Waals surface area contributed by atoms with Gasteiger partial charge in [-0.2, -0.15) is 0 Å². The first kappa shape index (κ1) is 21.5. The van der Waals surface area contributed by atoms with Crippen molar-refractivity contribution in [1.82, 2.24) is 0 Å². The molecule has 0 spiro atoms. The molecule has 4 nitrogen and oxygen atoms in total. The van der Waals surface area contributed by atoms with E-state index in [1.54, 1.807) is 30.3 Å². The Morgan fingerprint density at radius 1 is 1.07 bits per heavy atom.